The number of aryl methyl sites for hydroxylation is 1. The number of fused-ring (bicyclic) bond motifs is 1. The van der Waals surface area contributed by atoms with E-state index in [1.54, 1.807) is 0 Å². The highest BCUT2D eigenvalue weighted by Crippen LogP contribution is 2.36. The van der Waals surface area contributed by atoms with Crippen LogP contribution in [0.3, 0.4) is 0 Å². The van der Waals surface area contributed by atoms with E-state index in [1.807, 2.05) is 0 Å². The molecule has 29 heavy (non-hydrogen) atoms. The number of thiophene rings is 1. The van der Waals surface area contributed by atoms with Crippen LogP contribution in [0.25, 0.3) is 0 Å². The summed E-state index contributed by atoms with van der Waals surface area (Å²) >= 11 is 7.32. The number of H-pyrrole nitrogens is 1. The number of nitro groups is 1. The summed E-state index contributed by atoms with van der Waals surface area (Å²) in [5.41, 5.74) is 1.24. The Morgan fingerprint density at radius 1 is 1.17 bits per heavy atom. The first kappa shape index (κ1) is 21.3. The van der Waals surface area contributed by atoms with Gasteiger partial charge in [0.25, 0.3) is 5.91 Å². The van der Waals surface area contributed by atoms with Crippen molar-refractivity contribution in [2.45, 2.75) is 64.2 Å². The molecule has 2 N–H and O–H groups in total. The number of halogens is 1. The molecular weight excluding hydrogens is 414 g/mol. The lowest BCUT2D eigenvalue weighted by Gasteiger charge is -2.08. The van der Waals surface area contributed by atoms with E-state index in [9.17, 15) is 20.2 Å². The van der Waals surface area contributed by atoms with Crippen LogP contribution in [0.4, 0.5) is 10.8 Å². The molecule has 0 aromatic carbocycles. The Bertz CT molecular complexity index is 947. The van der Waals surface area contributed by atoms with E-state index in [4.69, 9.17) is 11.6 Å². The fourth-order valence-electron chi connectivity index (χ4n) is 3.59. The van der Waals surface area contributed by atoms with Crippen molar-refractivity contribution in [1.82, 2.24) is 10.2 Å². The summed E-state index contributed by atoms with van der Waals surface area (Å²) < 4.78 is 0. The van der Waals surface area contributed by atoms with Crippen molar-refractivity contribution in [3.05, 3.63) is 36.8 Å². The van der Waals surface area contributed by atoms with Crippen LogP contribution in [-0.4, -0.2) is 21.0 Å². The maximum Gasteiger partial charge on any atom is 0.362 e. The number of hydrogen-bond acceptors (Lipinski definition) is 6. The number of amides is 1. The van der Waals surface area contributed by atoms with Gasteiger partial charge in [-0.05, 0) is 36.2 Å². The zero-order valence-electron chi connectivity index (χ0n) is 15.9. The molecule has 2 aromatic rings. The predicted octanol–water partition coefficient (Wildman–Crippen LogP) is 5.38. The zero-order valence-corrected chi connectivity index (χ0v) is 17.5. The Balaban J connectivity index is 1.85. The van der Waals surface area contributed by atoms with Crippen molar-refractivity contribution in [2.75, 3.05) is 5.32 Å². The van der Waals surface area contributed by atoms with Crippen LogP contribution in [0.1, 0.15) is 77.9 Å². The SMILES string of the molecule is N#Cc1c(NC(=O)c2n[nH]c([N+](=O)[O-])c2Cl)sc2c1CCCCCCCCCC2. The number of carbonyl (C=O) groups excluding carboxylic acids is 1. The number of anilines is 1. The van der Waals surface area contributed by atoms with Gasteiger partial charge in [-0.15, -0.1) is 16.4 Å². The van der Waals surface area contributed by atoms with E-state index in [1.165, 1.54) is 37.0 Å². The minimum Gasteiger partial charge on any atom is -0.358 e. The van der Waals surface area contributed by atoms with Crippen molar-refractivity contribution < 1.29 is 9.72 Å². The number of hydrogen-bond donors (Lipinski definition) is 2. The Morgan fingerprint density at radius 2 is 1.79 bits per heavy atom. The molecule has 3 rings (SSSR count). The molecule has 0 aliphatic heterocycles. The molecule has 0 spiro atoms. The van der Waals surface area contributed by atoms with Crippen LogP contribution in [-0.2, 0) is 12.8 Å². The number of carbonyl (C=O) groups is 1. The molecule has 1 aliphatic rings. The Hall–Kier alpha value is -2.44. The molecule has 8 nitrogen and oxygen atoms in total. The molecule has 0 fully saturated rings. The summed E-state index contributed by atoms with van der Waals surface area (Å²) in [6.45, 7) is 0. The Morgan fingerprint density at radius 3 is 2.38 bits per heavy atom. The first-order valence-electron chi connectivity index (χ1n) is 9.77. The van der Waals surface area contributed by atoms with Crippen LogP contribution in [0.2, 0.25) is 5.02 Å². The fraction of sp³-hybridized carbons (Fsp3) is 0.526. The van der Waals surface area contributed by atoms with Crippen molar-refractivity contribution >= 4 is 39.7 Å². The molecular formula is C19H22ClN5O3S. The van der Waals surface area contributed by atoms with Crippen molar-refractivity contribution in [2.24, 2.45) is 0 Å². The summed E-state index contributed by atoms with van der Waals surface area (Å²) in [4.78, 5) is 23.9. The van der Waals surface area contributed by atoms with Gasteiger partial charge >= 0.3 is 5.82 Å². The molecule has 0 bridgehead atoms. The lowest BCUT2D eigenvalue weighted by molar-refractivity contribution is -0.389. The molecule has 2 heterocycles. The molecule has 1 amide bonds. The molecule has 0 radical (unpaired) electrons. The highest BCUT2D eigenvalue weighted by molar-refractivity contribution is 7.16. The van der Waals surface area contributed by atoms with E-state index in [-0.39, 0.29) is 10.7 Å². The van der Waals surface area contributed by atoms with E-state index in [0.29, 0.717) is 10.6 Å². The van der Waals surface area contributed by atoms with Crippen LogP contribution in [0.15, 0.2) is 0 Å². The zero-order chi connectivity index (χ0) is 20.8. The third-order valence-electron chi connectivity index (χ3n) is 5.10. The number of nitrogens with zero attached hydrogens (tertiary/aromatic N) is 3. The van der Waals surface area contributed by atoms with E-state index < -0.39 is 16.6 Å². The van der Waals surface area contributed by atoms with Crippen LogP contribution < -0.4 is 5.32 Å². The summed E-state index contributed by atoms with van der Waals surface area (Å²) in [6.07, 6.45) is 11.1. The summed E-state index contributed by atoms with van der Waals surface area (Å²) in [5.74, 6) is -1.21. The predicted molar refractivity (Wildman–Crippen MR) is 112 cm³/mol. The normalized spacial score (nSPS) is 15.4. The lowest BCUT2D eigenvalue weighted by Crippen LogP contribution is -2.13. The molecule has 2 aromatic heterocycles. The lowest BCUT2D eigenvalue weighted by atomic mass is 9.98. The van der Waals surface area contributed by atoms with Gasteiger partial charge in [0.05, 0.1) is 5.56 Å². The van der Waals surface area contributed by atoms with E-state index in [2.05, 4.69) is 21.6 Å². The standard InChI is InChI=1S/C19H22ClN5O3S/c20-15-16(23-24-17(15)25(27)28)18(26)22-19-13(11-21)12-9-7-5-3-1-2-4-6-8-10-14(12)29-19/h1-10H2,(H,22,26)(H,23,24). The highest BCUT2D eigenvalue weighted by Gasteiger charge is 2.27. The summed E-state index contributed by atoms with van der Waals surface area (Å²) in [7, 11) is 0. The first-order chi connectivity index (χ1) is 14.0. The van der Waals surface area contributed by atoms with Crippen LogP contribution in [0.5, 0.6) is 0 Å². The summed E-state index contributed by atoms with van der Waals surface area (Å²) in [6, 6.07) is 2.24. The van der Waals surface area contributed by atoms with Gasteiger partial charge in [0, 0.05) is 4.88 Å². The second-order valence-corrected chi connectivity index (χ2v) is 8.58. The Labute approximate surface area is 177 Å². The molecule has 0 unspecified atom stereocenters. The van der Waals surface area contributed by atoms with Crippen LogP contribution in [0, 0.1) is 21.4 Å². The van der Waals surface area contributed by atoms with Gasteiger partial charge in [-0.25, -0.2) is 0 Å². The number of rotatable bonds is 3. The van der Waals surface area contributed by atoms with Crippen LogP contribution >= 0.6 is 22.9 Å². The monoisotopic (exact) mass is 435 g/mol. The fourth-order valence-corrected chi connectivity index (χ4v) is 5.06. The van der Waals surface area contributed by atoms with Gasteiger partial charge in [0.1, 0.15) is 11.1 Å². The molecule has 0 atom stereocenters. The largest absolute Gasteiger partial charge is 0.362 e. The summed E-state index contributed by atoms with van der Waals surface area (Å²) in [5, 5.41) is 29.2. The minimum absolute atomic E-state index is 0.260. The molecule has 0 saturated heterocycles. The minimum atomic E-state index is -0.735. The van der Waals surface area contributed by atoms with Gasteiger partial charge in [-0.2, -0.15) is 5.26 Å². The van der Waals surface area contributed by atoms with Gasteiger partial charge in [0.15, 0.2) is 10.7 Å². The van der Waals surface area contributed by atoms with E-state index >= 15 is 0 Å². The second kappa shape index (κ2) is 9.85. The van der Waals surface area contributed by atoms with Crippen molar-refractivity contribution in [3.8, 4) is 6.07 Å². The number of nitrogens with one attached hydrogen (secondary N) is 2. The third kappa shape index (κ3) is 4.95. The quantitative estimate of drug-likeness (QED) is 0.494. The highest BCUT2D eigenvalue weighted by atomic mass is 35.5. The van der Waals surface area contributed by atoms with Gasteiger partial charge in [-0.1, -0.05) is 55.2 Å². The molecule has 0 saturated carbocycles. The molecule has 1 aliphatic carbocycles. The van der Waals surface area contributed by atoms with Crippen molar-refractivity contribution in [1.29, 1.82) is 5.26 Å². The Kier molecular flexibility index (Phi) is 7.23. The number of aromatic amines is 1. The first-order valence-corrected chi connectivity index (χ1v) is 11.0. The van der Waals surface area contributed by atoms with Gasteiger partial charge in [0.2, 0.25) is 0 Å². The van der Waals surface area contributed by atoms with Gasteiger partial charge < -0.3 is 15.4 Å². The smallest absolute Gasteiger partial charge is 0.358 e. The average molecular weight is 436 g/mol. The number of aromatic nitrogens is 2. The number of nitriles is 1. The average Bonchev–Trinajstić information content (AvgIpc) is 3.22. The third-order valence-corrected chi connectivity index (χ3v) is 6.66. The maximum atomic E-state index is 12.6. The second-order valence-electron chi connectivity index (χ2n) is 7.09. The van der Waals surface area contributed by atoms with E-state index in [0.717, 1.165) is 49.0 Å². The maximum absolute atomic E-state index is 12.6. The topological polar surface area (TPSA) is 125 Å². The van der Waals surface area contributed by atoms with Gasteiger partial charge in [-0.3, -0.25) is 4.79 Å². The molecule has 154 valence electrons. The van der Waals surface area contributed by atoms with Crippen molar-refractivity contribution in [3.63, 3.8) is 0 Å². The molecule has 10 heteroatoms.